The van der Waals surface area contributed by atoms with Crippen LogP contribution in [-0.4, -0.2) is 74.0 Å². The van der Waals surface area contributed by atoms with E-state index in [4.69, 9.17) is 4.74 Å². The van der Waals surface area contributed by atoms with Gasteiger partial charge in [-0.05, 0) is 63.6 Å². The molecule has 192 valence electrons. The maximum absolute atomic E-state index is 14.0. The van der Waals surface area contributed by atoms with Crippen LogP contribution in [0.5, 0.6) is 0 Å². The van der Waals surface area contributed by atoms with Gasteiger partial charge >= 0.3 is 0 Å². The first-order valence-corrected chi connectivity index (χ1v) is 12.8. The highest BCUT2D eigenvalue weighted by molar-refractivity contribution is 5.83. The molecule has 0 aliphatic heterocycles. The first kappa shape index (κ1) is 29.6. The van der Waals surface area contributed by atoms with Gasteiger partial charge in [-0.1, -0.05) is 48.0 Å². The van der Waals surface area contributed by atoms with Gasteiger partial charge in [0.2, 0.25) is 5.91 Å². The van der Waals surface area contributed by atoms with Crippen molar-refractivity contribution in [2.24, 2.45) is 17.8 Å². The minimum atomic E-state index is -0.333. The van der Waals surface area contributed by atoms with Crippen molar-refractivity contribution in [3.8, 4) is 0 Å². The lowest BCUT2D eigenvalue weighted by Gasteiger charge is -2.42. The molecule has 1 fully saturated rings. The lowest BCUT2D eigenvalue weighted by atomic mass is 9.84. The van der Waals surface area contributed by atoms with Gasteiger partial charge < -0.3 is 19.9 Å². The summed E-state index contributed by atoms with van der Waals surface area (Å²) in [5.41, 5.74) is 2.68. The average Bonchev–Trinajstić information content (AvgIpc) is 2.67. The first-order chi connectivity index (χ1) is 15.4. The number of carbonyl (C=O) groups is 2. The van der Waals surface area contributed by atoms with Crippen molar-refractivity contribution in [3.05, 3.63) is 11.3 Å². The van der Waals surface area contributed by atoms with Crippen LogP contribution in [0.4, 0.5) is 0 Å². The van der Waals surface area contributed by atoms with Crippen LogP contribution >= 0.6 is 0 Å². The molecule has 33 heavy (non-hydrogen) atoms. The molecule has 6 nitrogen and oxygen atoms in total. The second-order valence-corrected chi connectivity index (χ2v) is 10.9. The maximum Gasteiger partial charge on any atom is 0.245 e. The van der Waals surface area contributed by atoms with Gasteiger partial charge in [0.15, 0.2) is 0 Å². The fourth-order valence-corrected chi connectivity index (χ4v) is 5.12. The predicted molar refractivity (Wildman–Crippen MR) is 137 cm³/mol. The van der Waals surface area contributed by atoms with Gasteiger partial charge in [-0.15, -0.1) is 0 Å². The van der Waals surface area contributed by atoms with Gasteiger partial charge in [-0.2, -0.15) is 0 Å². The van der Waals surface area contributed by atoms with Crippen LogP contribution in [0, 0.1) is 17.8 Å². The molecule has 1 aliphatic rings. The Morgan fingerprint density at radius 3 is 1.94 bits per heavy atom. The summed E-state index contributed by atoms with van der Waals surface area (Å²) < 4.78 is 5.75. The summed E-state index contributed by atoms with van der Waals surface area (Å²) >= 11 is 0. The normalized spacial score (nSPS) is 18.5. The molecule has 0 heterocycles. The summed E-state index contributed by atoms with van der Waals surface area (Å²) in [6.45, 7) is 14.5. The molecule has 0 bridgehead atoms. The molecule has 1 rings (SSSR count). The van der Waals surface area contributed by atoms with E-state index >= 15 is 0 Å². The van der Waals surface area contributed by atoms with Crippen LogP contribution in [-0.2, 0) is 14.3 Å². The number of methoxy groups -OCH3 is 1. The van der Waals surface area contributed by atoms with E-state index in [9.17, 15) is 9.59 Å². The number of rotatable bonds is 14. The van der Waals surface area contributed by atoms with E-state index in [0.29, 0.717) is 12.3 Å². The number of hydrogen-bond donors (Lipinski definition) is 1. The van der Waals surface area contributed by atoms with E-state index in [1.54, 1.807) is 14.0 Å². The molecule has 0 aromatic heterocycles. The Morgan fingerprint density at radius 2 is 1.61 bits per heavy atom. The van der Waals surface area contributed by atoms with E-state index in [1.807, 2.05) is 11.9 Å². The van der Waals surface area contributed by atoms with E-state index in [0.717, 1.165) is 19.3 Å². The smallest absolute Gasteiger partial charge is 0.245 e. The minimum absolute atomic E-state index is 0.0691. The fourth-order valence-electron chi connectivity index (χ4n) is 5.12. The van der Waals surface area contributed by atoms with Crippen molar-refractivity contribution >= 4 is 11.7 Å². The van der Waals surface area contributed by atoms with Gasteiger partial charge in [-0.25, -0.2) is 0 Å². The van der Waals surface area contributed by atoms with Crippen LogP contribution in [0.1, 0.15) is 80.6 Å². The summed E-state index contributed by atoms with van der Waals surface area (Å²) in [6, 6.07) is -0.246. The summed E-state index contributed by atoms with van der Waals surface area (Å²) in [6.07, 6.45) is 4.34. The molecule has 1 amide bonds. The van der Waals surface area contributed by atoms with Gasteiger partial charge in [0.1, 0.15) is 11.8 Å². The molecular weight excluding hydrogens is 414 g/mol. The number of hydrogen-bond acceptors (Lipinski definition) is 5. The molecule has 0 aromatic rings. The number of carbonyl (C=O) groups excluding carboxylic acids is 2. The average molecular weight is 466 g/mol. The van der Waals surface area contributed by atoms with E-state index in [1.165, 1.54) is 17.7 Å². The molecule has 0 aromatic carbocycles. The molecule has 0 saturated heterocycles. The second kappa shape index (κ2) is 13.5. The number of nitrogens with zero attached hydrogens (tertiary/aromatic N) is 2. The van der Waals surface area contributed by atoms with Gasteiger partial charge in [-0.3, -0.25) is 9.59 Å². The third kappa shape index (κ3) is 7.81. The fraction of sp³-hybridized carbons (Fsp3) is 0.852. The standard InChI is InChI=1S/C27H51N3O3/c1-12-19(6)26(22(33-11)16-20(7)31)30(10)27(32)23(17(2)3)28-24(21-14-13-15-21)25(18(4)5)29(8)9/h17-19,22-23,25-26,28H,12-16H2,1-11H3. The van der Waals surface area contributed by atoms with Gasteiger partial charge in [0.05, 0.1) is 18.2 Å². The van der Waals surface area contributed by atoms with Crippen molar-refractivity contribution in [2.45, 2.75) is 105 Å². The van der Waals surface area contributed by atoms with Crippen LogP contribution in [0.15, 0.2) is 11.3 Å². The Bertz CT molecular complexity index is 658. The highest BCUT2D eigenvalue weighted by Gasteiger charge is 2.38. The summed E-state index contributed by atoms with van der Waals surface area (Å²) in [7, 11) is 7.76. The molecule has 0 radical (unpaired) electrons. The van der Waals surface area contributed by atoms with Crippen molar-refractivity contribution < 1.29 is 14.3 Å². The topological polar surface area (TPSA) is 61.9 Å². The Balaban J connectivity index is 3.32. The largest absolute Gasteiger partial charge is 0.379 e. The second-order valence-electron chi connectivity index (χ2n) is 10.9. The highest BCUT2D eigenvalue weighted by Crippen LogP contribution is 2.33. The quantitative estimate of drug-likeness (QED) is 0.409. The van der Waals surface area contributed by atoms with Gasteiger partial charge in [0, 0.05) is 26.3 Å². The van der Waals surface area contributed by atoms with Crippen LogP contribution < -0.4 is 5.32 Å². The number of ketones is 1. The third-order valence-corrected chi connectivity index (χ3v) is 7.26. The number of allylic oxidation sites excluding steroid dienone is 1. The predicted octanol–water partition coefficient (Wildman–Crippen LogP) is 4.49. The number of nitrogens with one attached hydrogen (secondary N) is 1. The van der Waals surface area contributed by atoms with E-state index in [2.05, 4.69) is 65.9 Å². The Morgan fingerprint density at radius 1 is 1.03 bits per heavy atom. The van der Waals surface area contributed by atoms with E-state index < -0.39 is 0 Å². The Kier molecular flexibility index (Phi) is 12.1. The van der Waals surface area contributed by atoms with Gasteiger partial charge in [0.25, 0.3) is 0 Å². The molecule has 1 saturated carbocycles. The summed E-state index contributed by atoms with van der Waals surface area (Å²) in [5, 5.41) is 3.75. The molecule has 5 atom stereocenters. The number of likely N-dealkylation sites (N-methyl/N-ethyl adjacent to an activating group) is 2. The maximum atomic E-state index is 14.0. The number of amides is 1. The molecule has 6 heteroatoms. The summed E-state index contributed by atoms with van der Waals surface area (Å²) in [5.74, 6) is 0.914. The third-order valence-electron chi connectivity index (χ3n) is 7.26. The zero-order chi connectivity index (χ0) is 25.5. The van der Waals surface area contributed by atoms with Crippen molar-refractivity contribution in [2.75, 3.05) is 28.3 Å². The van der Waals surface area contributed by atoms with Crippen molar-refractivity contribution in [1.29, 1.82) is 0 Å². The minimum Gasteiger partial charge on any atom is -0.379 e. The van der Waals surface area contributed by atoms with E-state index in [-0.39, 0.29) is 47.8 Å². The number of Topliss-reactive ketones (excluding diaryl/α,β-unsaturated/α-hetero) is 1. The zero-order valence-corrected chi connectivity index (χ0v) is 23.2. The van der Waals surface area contributed by atoms with Crippen LogP contribution in [0.2, 0.25) is 0 Å². The highest BCUT2D eigenvalue weighted by atomic mass is 16.5. The zero-order valence-electron chi connectivity index (χ0n) is 23.2. The number of ether oxygens (including phenoxy) is 1. The Hall–Kier alpha value is -1.40. The SMILES string of the molecule is CCC(C)C(C(CC(C)=O)OC)N(C)C(=O)C(NC(=C1CCC1)C(C(C)C)N(C)C)C(C)C. The molecule has 5 unspecified atom stereocenters. The van der Waals surface area contributed by atoms with Crippen molar-refractivity contribution in [1.82, 2.24) is 15.1 Å². The molecular formula is C27H51N3O3. The Labute approximate surface area is 203 Å². The lowest BCUT2D eigenvalue weighted by Crippen LogP contribution is -2.57. The molecule has 0 spiro atoms. The summed E-state index contributed by atoms with van der Waals surface area (Å²) in [4.78, 5) is 30.0. The molecule has 1 N–H and O–H groups in total. The van der Waals surface area contributed by atoms with Crippen LogP contribution in [0.25, 0.3) is 0 Å². The van der Waals surface area contributed by atoms with Crippen LogP contribution in [0.3, 0.4) is 0 Å². The first-order valence-electron chi connectivity index (χ1n) is 12.8. The lowest BCUT2D eigenvalue weighted by molar-refractivity contribution is -0.141. The monoisotopic (exact) mass is 465 g/mol. The van der Waals surface area contributed by atoms with Crippen molar-refractivity contribution in [3.63, 3.8) is 0 Å². The molecule has 1 aliphatic carbocycles.